The molecule has 8 atom stereocenters. The van der Waals surface area contributed by atoms with E-state index in [-0.39, 0.29) is 53.0 Å². The average Bonchev–Trinajstić information content (AvgIpc) is 3.49. The second kappa shape index (κ2) is 4.19. The van der Waals surface area contributed by atoms with Gasteiger partial charge in [-0.2, -0.15) is 0 Å². The molecule has 4 saturated carbocycles. The molecule has 4 fully saturated rings. The third-order valence-corrected chi connectivity index (χ3v) is 9.59. The number of Topliss-reactive ketones (excluding diaryl/α,β-unsaturated/α-hetero) is 2. The Balaban J connectivity index is 1.60. The number of ether oxygens (including phenoxy) is 2. The van der Waals surface area contributed by atoms with Gasteiger partial charge in [0.05, 0.1) is 25.0 Å². The molecular weight excluding hydrogens is 360 g/mol. The maximum Gasteiger partial charge on any atom is 0.314 e. The summed E-state index contributed by atoms with van der Waals surface area (Å²) in [6.07, 6.45) is 2.31. The van der Waals surface area contributed by atoms with Crippen molar-refractivity contribution < 1.29 is 28.7 Å². The van der Waals surface area contributed by atoms with Crippen LogP contribution in [0.15, 0.2) is 22.3 Å². The van der Waals surface area contributed by atoms with Gasteiger partial charge in [0.25, 0.3) is 0 Å². The summed E-state index contributed by atoms with van der Waals surface area (Å²) >= 11 is 0. The molecule has 144 valence electrons. The van der Waals surface area contributed by atoms with Crippen LogP contribution in [0.4, 0.5) is 0 Å². The number of esters is 2. The van der Waals surface area contributed by atoms with E-state index in [0.717, 1.165) is 22.3 Å². The Labute approximate surface area is 161 Å². The summed E-state index contributed by atoms with van der Waals surface area (Å²) in [5.41, 5.74) is 1.65. The molecule has 6 nitrogen and oxygen atoms in total. The number of carbonyl (C=O) groups is 4. The van der Waals surface area contributed by atoms with E-state index in [9.17, 15) is 19.2 Å². The summed E-state index contributed by atoms with van der Waals surface area (Å²) < 4.78 is 10.7. The lowest BCUT2D eigenvalue weighted by atomic mass is 9.48. The number of carbonyl (C=O) groups excluding carboxylic acids is 4. The topological polar surface area (TPSA) is 86.7 Å². The van der Waals surface area contributed by atoms with E-state index in [2.05, 4.69) is 0 Å². The molecule has 0 aromatic heterocycles. The minimum Gasteiger partial charge on any atom is -0.469 e. The fourth-order valence-electron chi connectivity index (χ4n) is 9.73. The molecule has 2 unspecified atom stereocenters. The van der Waals surface area contributed by atoms with Crippen molar-refractivity contribution >= 4 is 23.5 Å². The Morgan fingerprint density at radius 1 is 0.714 bits per heavy atom. The zero-order chi connectivity index (χ0) is 19.3. The second-order valence-corrected chi connectivity index (χ2v) is 9.51. The second-order valence-electron chi connectivity index (χ2n) is 9.51. The highest BCUT2D eigenvalue weighted by Crippen LogP contribution is 2.95. The van der Waals surface area contributed by atoms with Gasteiger partial charge >= 0.3 is 11.9 Å². The Hall–Kier alpha value is -2.24. The summed E-state index contributed by atoms with van der Waals surface area (Å²) in [4.78, 5) is 52.6. The highest BCUT2D eigenvalue weighted by Gasteiger charge is 2.98. The zero-order valence-electron chi connectivity index (χ0n) is 15.7. The highest BCUT2D eigenvalue weighted by molar-refractivity contribution is 6.10. The maximum absolute atomic E-state index is 13.5. The van der Waals surface area contributed by atoms with Crippen LogP contribution in [0.25, 0.3) is 0 Å². The van der Waals surface area contributed by atoms with Crippen molar-refractivity contribution in [2.45, 2.75) is 25.7 Å². The van der Waals surface area contributed by atoms with Crippen molar-refractivity contribution in [3.63, 3.8) is 0 Å². The van der Waals surface area contributed by atoms with Gasteiger partial charge in [-0.3, -0.25) is 19.2 Å². The normalized spacial score (nSPS) is 50.4. The Kier molecular flexibility index (Phi) is 2.34. The first-order valence-electron chi connectivity index (χ1n) is 10.2. The molecule has 8 aliphatic rings. The predicted molar refractivity (Wildman–Crippen MR) is 92.4 cm³/mol. The van der Waals surface area contributed by atoms with Gasteiger partial charge in [0.2, 0.25) is 0 Å². The molecule has 28 heavy (non-hydrogen) atoms. The average molecular weight is 380 g/mol. The third-order valence-electron chi connectivity index (χ3n) is 9.59. The third kappa shape index (κ3) is 1.04. The van der Waals surface area contributed by atoms with Crippen LogP contribution in [0.1, 0.15) is 25.7 Å². The van der Waals surface area contributed by atoms with E-state index >= 15 is 0 Å². The quantitative estimate of drug-likeness (QED) is 0.673. The van der Waals surface area contributed by atoms with Gasteiger partial charge in [-0.05, 0) is 35.8 Å². The van der Waals surface area contributed by atoms with Crippen LogP contribution in [-0.2, 0) is 28.7 Å². The van der Waals surface area contributed by atoms with Gasteiger partial charge in [-0.25, -0.2) is 0 Å². The summed E-state index contributed by atoms with van der Waals surface area (Å²) in [5, 5.41) is 0. The number of rotatable bonds is 2. The van der Waals surface area contributed by atoms with Gasteiger partial charge in [-0.15, -0.1) is 0 Å². The molecule has 0 spiro atoms. The zero-order valence-corrected chi connectivity index (χ0v) is 15.7. The fourth-order valence-corrected chi connectivity index (χ4v) is 9.73. The standard InChI is InChI=1S/C22H20O6/c1-27-19(25)21-15-7-3-5-9(23)11(7)17-13(15)14-16(21)8-4-6-10(24)12(8)18(14)22(17,21)20(26)28-2/h13-18H,3-6H2,1-2H3/t13-,14-,15-,16+,17-,18+,21?,22?/m0/s1. The molecule has 0 aliphatic heterocycles. The number of hydrogen-bond acceptors (Lipinski definition) is 6. The number of methoxy groups -OCH3 is 2. The molecule has 6 heteroatoms. The fraction of sp³-hybridized carbons (Fsp3) is 0.636. The van der Waals surface area contributed by atoms with Crippen LogP contribution in [0.3, 0.4) is 0 Å². The molecule has 0 aromatic rings. The van der Waals surface area contributed by atoms with Crippen molar-refractivity contribution in [2.24, 2.45) is 46.3 Å². The van der Waals surface area contributed by atoms with Crippen LogP contribution in [0, 0.1) is 46.3 Å². The lowest BCUT2D eigenvalue weighted by molar-refractivity contribution is -0.184. The van der Waals surface area contributed by atoms with Crippen LogP contribution in [0.5, 0.6) is 0 Å². The number of ketones is 2. The van der Waals surface area contributed by atoms with E-state index in [1.165, 1.54) is 14.2 Å². The smallest absolute Gasteiger partial charge is 0.314 e. The summed E-state index contributed by atoms with van der Waals surface area (Å²) in [6.45, 7) is 0. The monoisotopic (exact) mass is 380 g/mol. The van der Waals surface area contributed by atoms with Crippen LogP contribution in [0.2, 0.25) is 0 Å². The molecule has 0 N–H and O–H groups in total. The maximum atomic E-state index is 13.5. The lowest BCUT2D eigenvalue weighted by Crippen LogP contribution is -2.61. The van der Waals surface area contributed by atoms with Gasteiger partial charge in [-0.1, -0.05) is 11.1 Å². The molecule has 8 aliphatic carbocycles. The summed E-state index contributed by atoms with van der Waals surface area (Å²) in [6, 6.07) is 0. The predicted octanol–water partition coefficient (Wildman–Crippen LogP) is 1.39. The first-order chi connectivity index (χ1) is 13.5. The van der Waals surface area contributed by atoms with Crippen molar-refractivity contribution in [3.8, 4) is 0 Å². The Morgan fingerprint density at radius 2 is 1.11 bits per heavy atom. The molecule has 0 radical (unpaired) electrons. The molecule has 0 amide bonds. The van der Waals surface area contributed by atoms with Crippen molar-refractivity contribution in [2.75, 3.05) is 14.2 Å². The van der Waals surface area contributed by atoms with Crippen molar-refractivity contribution in [3.05, 3.63) is 22.3 Å². The first kappa shape index (κ1) is 15.7. The van der Waals surface area contributed by atoms with E-state index < -0.39 is 16.8 Å². The van der Waals surface area contributed by atoms with Crippen molar-refractivity contribution in [1.29, 1.82) is 0 Å². The van der Waals surface area contributed by atoms with Crippen LogP contribution >= 0.6 is 0 Å². The molecule has 0 heterocycles. The molecule has 0 aromatic carbocycles. The van der Waals surface area contributed by atoms with E-state index in [0.29, 0.717) is 25.7 Å². The molecule has 0 saturated heterocycles. The largest absolute Gasteiger partial charge is 0.469 e. The molecule has 8 rings (SSSR count). The molecule has 8 bridgehead atoms. The minimum atomic E-state index is -1.14. The van der Waals surface area contributed by atoms with Gasteiger partial charge in [0.15, 0.2) is 11.6 Å². The lowest BCUT2D eigenvalue weighted by Gasteiger charge is -2.51. The van der Waals surface area contributed by atoms with E-state index in [1.807, 2.05) is 0 Å². The highest BCUT2D eigenvalue weighted by atomic mass is 16.5. The van der Waals surface area contributed by atoms with Gasteiger partial charge < -0.3 is 9.47 Å². The van der Waals surface area contributed by atoms with E-state index in [4.69, 9.17) is 9.47 Å². The SMILES string of the molecule is COC(=O)C12[C@@H]3C4=C(C(=O)CC4)[C@@H]4[C@H]3[C@H]3[C@@H]1C1=C(C(=O)CC1)[C@@H]3C42C(=O)OC. The minimum absolute atomic E-state index is 0.0841. The Bertz CT molecular complexity index is 968. The van der Waals surface area contributed by atoms with E-state index in [1.54, 1.807) is 0 Å². The number of allylic oxidation sites excluding steroid dienone is 4. The summed E-state index contributed by atoms with van der Waals surface area (Å²) in [7, 11) is 2.74. The number of hydrogen-bond donors (Lipinski definition) is 0. The van der Waals surface area contributed by atoms with Crippen molar-refractivity contribution in [1.82, 2.24) is 0 Å². The molecular formula is C22H20O6. The van der Waals surface area contributed by atoms with Crippen LogP contribution in [-0.4, -0.2) is 37.7 Å². The van der Waals surface area contributed by atoms with Gasteiger partial charge in [0.1, 0.15) is 0 Å². The van der Waals surface area contributed by atoms with Crippen LogP contribution < -0.4 is 0 Å². The Morgan fingerprint density at radius 3 is 1.50 bits per heavy atom. The first-order valence-corrected chi connectivity index (χ1v) is 10.2. The van der Waals surface area contributed by atoms with Gasteiger partial charge in [0, 0.05) is 36.5 Å². The summed E-state index contributed by atoms with van der Waals surface area (Å²) in [5.74, 6) is -1.17.